The minimum atomic E-state index is -3.40. The van der Waals surface area contributed by atoms with Gasteiger partial charge in [0, 0.05) is 20.0 Å². The predicted octanol–water partition coefficient (Wildman–Crippen LogP) is 2.33. The van der Waals surface area contributed by atoms with Crippen LogP contribution < -0.4 is 5.73 Å². The van der Waals surface area contributed by atoms with Crippen LogP contribution in [0.15, 0.2) is 29.2 Å². The molecule has 0 spiro atoms. The zero-order valence-electron chi connectivity index (χ0n) is 12.3. The highest BCUT2D eigenvalue weighted by atomic mass is 32.2. The lowest BCUT2D eigenvalue weighted by atomic mass is 10.1. The zero-order valence-corrected chi connectivity index (χ0v) is 13.9. The lowest BCUT2D eigenvalue weighted by molar-refractivity contribution is 0.387. The van der Waals surface area contributed by atoms with Gasteiger partial charge in [-0.05, 0) is 36.5 Å². The Morgan fingerprint density at radius 3 is 2.38 bits per heavy atom. The molecular weight excluding hydrogens is 304 g/mol. The Kier molecular flexibility index (Phi) is 5.35. The van der Waals surface area contributed by atoms with Gasteiger partial charge in [0.25, 0.3) is 0 Å². The predicted molar refractivity (Wildman–Crippen MR) is 88.7 cm³/mol. The Labute approximate surface area is 132 Å². The molecule has 1 fully saturated rings. The van der Waals surface area contributed by atoms with Gasteiger partial charge >= 0.3 is 0 Å². The maximum Gasteiger partial charge on any atom is 0.242 e. The van der Waals surface area contributed by atoms with Crippen molar-refractivity contribution in [2.24, 2.45) is 11.7 Å². The van der Waals surface area contributed by atoms with E-state index in [-0.39, 0.29) is 0 Å². The quantitative estimate of drug-likeness (QED) is 0.815. The van der Waals surface area contributed by atoms with Crippen LogP contribution in [0.1, 0.15) is 31.2 Å². The van der Waals surface area contributed by atoms with Crippen molar-refractivity contribution in [3.8, 4) is 0 Å². The van der Waals surface area contributed by atoms with Crippen LogP contribution >= 0.6 is 12.2 Å². The van der Waals surface area contributed by atoms with Gasteiger partial charge in [-0.15, -0.1) is 0 Å². The molecule has 0 amide bonds. The minimum Gasteiger partial charge on any atom is -0.393 e. The molecule has 21 heavy (non-hydrogen) atoms. The first kappa shape index (κ1) is 16.4. The summed E-state index contributed by atoms with van der Waals surface area (Å²) in [5.74, 6) is 0.499. The van der Waals surface area contributed by atoms with Gasteiger partial charge in [-0.2, -0.15) is 0 Å². The fourth-order valence-corrected chi connectivity index (χ4v) is 4.23. The normalized spacial score (nSPS) is 16.5. The van der Waals surface area contributed by atoms with Gasteiger partial charge in [0.1, 0.15) is 0 Å². The van der Waals surface area contributed by atoms with E-state index in [1.807, 2.05) is 0 Å². The minimum absolute atomic E-state index is 0.328. The smallest absolute Gasteiger partial charge is 0.242 e. The summed E-state index contributed by atoms with van der Waals surface area (Å²) in [5, 5.41) is 0. The molecule has 0 radical (unpaired) electrons. The van der Waals surface area contributed by atoms with Crippen LogP contribution in [0.4, 0.5) is 0 Å². The van der Waals surface area contributed by atoms with Crippen LogP contribution in [0.25, 0.3) is 0 Å². The largest absolute Gasteiger partial charge is 0.393 e. The first-order chi connectivity index (χ1) is 9.89. The van der Waals surface area contributed by atoms with Crippen molar-refractivity contribution in [2.45, 2.75) is 37.0 Å². The van der Waals surface area contributed by atoms with Crippen LogP contribution in [-0.2, 0) is 16.4 Å². The number of thiocarbonyl (C=S) groups is 1. The molecule has 6 heteroatoms. The van der Waals surface area contributed by atoms with E-state index in [1.54, 1.807) is 31.3 Å². The van der Waals surface area contributed by atoms with E-state index in [0.717, 1.165) is 18.4 Å². The lowest BCUT2D eigenvalue weighted by Gasteiger charge is -2.20. The first-order valence-corrected chi connectivity index (χ1v) is 9.08. The van der Waals surface area contributed by atoms with Gasteiger partial charge in [-0.1, -0.05) is 37.2 Å². The molecule has 2 N–H and O–H groups in total. The van der Waals surface area contributed by atoms with Crippen LogP contribution in [0, 0.1) is 5.92 Å². The Hall–Kier alpha value is -0.980. The third-order valence-electron chi connectivity index (χ3n) is 4.00. The number of nitrogens with two attached hydrogens (primary N) is 1. The van der Waals surface area contributed by atoms with Crippen LogP contribution in [0.3, 0.4) is 0 Å². The first-order valence-electron chi connectivity index (χ1n) is 7.23. The van der Waals surface area contributed by atoms with Crippen molar-refractivity contribution in [1.82, 2.24) is 4.31 Å². The van der Waals surface area contributed by atoms with Gasteiger partial charge in [-0.3, -0.25) is 0 Å². The standard InChI is InChI=1S/C15H22N2O2S2/c1-17(11-13-4-2-3-5-13)21(18,19)14-8-6-12(7-9-14)10-15(16)20/h6-9,13H,2-5,10-11H2,1H3,(H2,16,20). The van der Waals surface area contributed by atoms with E-state index >= 15 is 0 Å². The number of benzene rings is 1. The summed E-state index contributed by atoms with van der Waals surface area (Å²) in [4.78, 5) is 0.735. The van der Waals surface area contributed by atoms with Crippen molar-refractivity contribution >= 4 is 27.2 Å². The average molecular weight is 326 g/mol. The third kappa shape index (κ3) is 4.25. The van der Waals surface area contributed by atoms with E-state index in [2.05, 4.69) is 0 Å². The van der Waals surface area contributed by atoms with Crippen molar-refractivity contribution in [3.05, 3.63) is 29.8 Å². The summed E-state index contributed by atoms with van der Waals surface area (Å²) in [7, 11) is -1.74. The highest BCUT2D eigenvalue weighted by molar-refractivity contribution is 7.89. The van der Waals surface area contributed by atoms with Crippen LogP contribution in [0.5, 0.6) is 0 Å². The second kappa shape index (κ2) is 6.85. The summed E-state index contributed by atoms with van der Waals surface area (Å²) >= 11 is 4.86. The highest BCUT2D eigenvalue weighted by Gasteiger charge is 2.25. The molecule has 4 nitrogen and oxygen atoms in total. The lowest BCUT2D eigenvalue weighted by Crippen LogP contribution is -2.31. The summed E-state index contributed by atoms with van der Waals surface area (Å²) in [6.07, 6.45) is 5.19. The summed E-state index contributed by atoms with van der Waals surface area (Å²) in [6, 6.07) is 6.81. The third-order valence-corrected chi connectivity index (χ3v) is 5.98. The van der Waals surface area contributed by atoms with E-state index in [0.29, 0.717) is 28.8 Å². The number of rotatable bonds is 6. The number of hydrogen-bond donors (Lipinski definition) is 1. The topological polar surface area (TPSA) is 63.4 Å². The molecule has 2 rings (SSSR count). The van der Waals surface area contributed by atoms with E-state index in [1.165, 1.54) is 17.1 Å². The second-order valence-corrected chi connectivity index (χ2v) is 8.29. The van der Waals surface area contributed by atoms with E-state index in [4.69, 9.17) is 18.0 Å². The fraction of sp³-hybridized carbons (Fsp3) is 0.533. The molecule has 116 valence electrons. The molecular formula is C15H22N2O2S2. The second-order valence-electron chi connectivity index (χ2n) is 5.72. The van der Waals surface area contributed by atoms with Gasteiger partial charge in [0.05, 0.1) is 9.88 Å². The van der Waals surface area contributed by atoms with Gasteiger partial charge in [-0.25, -0.2) is 12.7 Å². The molecule has 0 aliphatic heterocycles. The van der Waals surface area contributed by atoms with Crippen molar-refractivity contribution in [3.63, 3.8) is 0 Å². The molecule has 0 unspecified atom stereocenters. The van der Waals surface area contributed by atoms with Crippen LogP contribution in [-0.4, -0.2) is 31.3 Å². The molecule has 0 heterocycles. The molecule has 0 atom stereocenters. The Balaban J connectivity index is 2.08. The summed E-state index contributed by atoms with van der Waals surface area (Å²) in [5.41, 5.74) is 6.42. The summed E-state index contributed by atoms with van der Waals surface area (Å²) in [6.45, 7) is 0.608. The average Bonchev–Trinajstić information content (AvgIpc) is 2.91. The zero-order chi connectivity index (χ0) is 15.5. The van der Waals surface area contributed by atoms with Crippen molar-refractivity contribution in [2.75, 3.05) is 13.6 Å². The van der Waals surface area contributed by atoms with E-state index in [9.17, 15) is 8.42 Å². The maximum atomic E-state index is 12.5. The van der Waals surface area contributed by atoms with Gasteiger partial charge in [0.15, 0.2) is 0 Å². The highest BCUT2D eigenvalue weighted by Crippen LogP contribution is 2.27. The molecule has 1 aliphatic carbocycles. The molecule has 1 saturated carbocycles. The Morgan fingerprint density at radius 1 is 1.29 bits per heavy atom. The van der Waals surface area contributed by atoms with Crippen molar-refractivity contribution in [1.29, 1.82) is 0 Å². The number of nitrogens with zero attached hydrogens (tertiary/aromatic N) is 1. The molecule has 1 aromatic carbocycles. The van der Waals surface area contributed by atoms with Gasteiger partial charge < -0.3 is 5.73 Å². The number of hydrogen-bond acceptors (Lipinski definition) is 3. The molecule has 0 bridgehead atoms. The monoisotopic (exact) mass is 326 g/mol. The molecule has 1 aliphatic rings. The fourth-order valence-electron chi connectivity index (χ4n) is 2.82. The molecule has 0 aromatic heterocycles. The van der Waals surface area contributed by atoms with Crippen LogP contribution in [0.2, 0.25) is 0 Å². The van der Waals surface area contributed by atoms with Gasteiger partial charge in [0.2, 0.25) is 10.0 Å². The molecule has 1 aromatic rings. The van der Waals surface area contributed by atoms with Crippen molar-refractivity contribution < 1.29 is 8.42 Å². The summed E-state index contributed by atoms with van der Waals surface area (Å²) < 4.78 is 26.5. The van der Waals surface area contributed by atoms with E-state index < -0.39 is 10.0 Å². The Morgan fingerprint density at radius 2 is 1.86 bits per heavy atom. The molecule has 0 saturated heterocycles. The number of sulfonamides is 1. The SMILES string of the molecule is CN(CC1CCCC1)S(=O)(=O)c1ccc(CC(N)=S)cc1. The maximum absolute atomic E-state index is 12.5. The Bertz CT molecular complexity index is 591.